The lowest BCUT2D eigenvalue weighted by Gasteiger charge is -2.16. The monoisotopic (exact) mass is 503 g/mol. The summed E-state index contributed by atoms with van der Waals surface area (Å²) in [4.78, 5) is 22.1. The van der Waals surface area contributed by atoms with Gasteiger partial charge in [-0.05, 0) is 55.8 Å². The normalized spacial score (nSPS) is 11.2. The lowest BCUT2D eigenvalue weighted by atomic mass is 10.2. The number of rotatable bonds is 7. The zero-order valence-corrected chi connectivity index (χ0v) is 20.4. The lowest BCUT2D eigenvalue weighted by molar-refractivity contribution is 0.231. The predicted molar refractivity (Wildman–Crippen MR) is 139 cm³/mol. The van der Waals surface area contributed by atoms with Crippen LogP contribution in [0.4, 0.5) is 16.0 Å². The first kappa shape index (κ1) is 23.6. The van der Waals surface area contributed by atoms with Gasteiger partial charge in [-0.15, -0.1) is 0 Å². The molecule has 1 N–H and O–H groups in total. The fourth-order valence-electron chi connectivity index (χ4n) is 3.90. The molecule has 3 aromatic carbocycles. The van der Waals surface area contributed by atoms with Gasteiger partial charge < -0.3 is 10.1 Å². The standard InChI is InChI=1S/C27H23ClFN5O2/c1-17(2)36-23-13-12-20(14-22(23)29)31-27-32-26(35)24-25(30-16-34(24)21-6-4-3-5-7-21)33(27)15-18-8-10-19(28)11-9-18/h3-14,16-17H,15H2,1-2H3,(H,31,32,35). The van der Waals surface area contributed by atoms with Crippen LogP contribution in [0.25, 0.3) is 16.9 Å². The van der Waals surface area contributed by atoms with Gasteiger partial charge in [0.25, 0.3) is 0 Å². The van der Waals surface area contributed by atoms with Gasteiger partial charge in [0, 0.05) is 22.5 Å². The van der Waals surface area contributed by atoms with Crippen LogP contribution in [0.15, 0.2) is 83.9 Å². The van der Waals surface area contributed by atoms with E-state index in [4.69, 9.17) is 16.3 Å². The van der Waals surface area contributed by atoms with Gasteiger partial charge in [0.2, 0.25) is 5.95 Å². The Balaban J connectivity index is 1.62. The summed E-state index contributed by atoms with van der Waals surface area (Å²) < 4.78 is 23.6. The van der Waals surface area contributed by atoms with Crippen molar-refractivity contribution in [1.82, 2.24) is 19.1 Å². The summed E-state index contributed by atoms with van der Waals surface area (Å²) in [5.74, 6) is -0.133. The van der Waals surface area contributed by atoms with Gasteiger partial charge in [-0.2, -0.15) is 4.98 Å². The highest BCUT2D eigenvalue weighted by Gasteiger charge is 2.18. The number of hydrogen-bond acceptors (Lipinski definition) is 5. The molecule has 0 aliphatic heterocycles. The van der Waals surface area contributed by atoms with Crippen molar-refractivity contribution in [3.05, 3.63) is 106 Å². The van der Waals surface area contributed by atoms with Crippen LogP contribution in [0.1, 0.15) is 19.4 Å². The molecule has 0 saturated carbocycles. The Morgan fingerprint density at radius 3 is 2.50 bits per heavy atom. The zero-order valence-electron chi connectivity index (χ0n) is 19.7. The summed E-state index contributed by atoms with van der Waals surface area (Å²) in [5.41, 5.74) is 2.46. The summed E-state index contributed by atoms with van der Waals surface area (Å²) in [6, 6.07) is 21.3. The highest BCUT2D eigenvalue weighted by molar-refractivity contribution is 6.30. The van der Waals surface area contributed by atoms with Gasteiger partial charge in [0.1, 0.15) is 6.33 Å². The van der Waals surface area contributed by atoms with Crippen LogP contribution in [0.3, 0.4) is 0 Å². The zero-order chi connectivity index (χ0) is 25.2. The second-order valence-electron chi connectivity index (χ2n) is 8.51. The van der Waals surface area contributed by atoms with Crippen LogP contribution >= 0.6 is 11.6 Å². The number of anilines is 2. The van der Waals surface area contributed by atoms with Crippen LogP contribution in [-0.2, 0) is 6.54 Å². The molecule has 0 aliphatic rings. The average Bonchev–Trinajstić information content (AvgIpc) is 3.31. The molecule has 0 saturated heterocycles. The van der Waals surface area contributed by atoms with Crippen LogP contribution < -0.4 is 15.6 Å². The molecule has 0 unspecified atom stereocenters. The molecular formula is C27H23ClFN5O2. The maximum absolute atomic E-state index is 14.6. The van der Waals surface area contributed by atoms with E-state index in [1.807, 2.05) is 56.3 Å². The lowest BCUT2D eigenvalue weighted by Crippen LogP contribution is -2.20. The number of nitrogens with one attached hydrogen (secondary N) is 1. The minimum absolute atomic E-state index is 0.152. The molecule has 0 spiro atoms. The average molecular weight is 504 g/mol. The maximum atomic E-state index is 14.6. The molecular weight excluding hydrogens is 481 g/mol. The number of imidazole rings is 1. The predicted octanol–water partition coefficient (Wildman–Crippen LogP) is 5.95. The molecule has 2 aromatic heterocycles. The Morgan fingerprint density at radius 1 is 1.06 bits per heavy atom. The molecule has 0 bridgehead atoms. The summed E-state index contributed by atoms with van der Waals surface area (Å²) in [5, 5.41) is 3.71. The quantitative estimate of drug-likeness (QED) is 0.297. The topological polar surface area (TPSA) is 74.0 Å². The third-order valence-corrected chi connectivity index (χ3v) is 5.76. The van der Waals surface area contributed by atoms with Crippen molar-refractivity contribution < 1.29 is 9.13 Å². The molecule has 0 radical (unpaired) electrons. The van der Waals surface area contributed by atoms with Crippen molar-refractivity contribution in [3.8, 4) is 11.4 Å². The van der Waals surface area contributed by atoms with Gasteiger partial charge in [-0.3, -0.25) is 13.9 Å². The molecule has 182 valence electrons. The highest BCUT2D eigenvalue weighted by Crippen LogP contribution is 2.26. The number of benzene rings is 3. The molecule has 2 heterocycles. The summed E-state index contributed by atoms with van der Waals surface area (Å²) in [6.07, 6.45) is 1.44. The van der Waals surface area contributed by atoms with Crippen molar-refractivity contribution in [3.63, 3.8) is 0 Å². The van der Waals surface area contributed by atoms with E-state index in [2.05, 4.69) is 15.3 Å². The van der Waals surface area contributed by atoms with Crippen LogP contribution in [0.5, 0.6) is 5.75 Å². The fourth-order valence-corrected chi connectivity index (χ4v) is 4.03. The van der Waals surface area contributed by atoms with Crippen molar-refractivity contribution in [1.29, 1.82) is 0 Å². The molecule has 5 rings (SSSR count). The first-order valence-electron chi connectivity index (χ1n) is 11.4. The molecule has 5 aromatic rings. The number of nitrogens with zero attached hydrogens (tertiary/aromatic N) is 4. The Morgan fingerprint density at radius 2 is 1.81 bits per heavy atom. The van der Waals surface area contributed by atoms with E-state index < -0.39 is 11.4 Å². The van der Waals surface area contributed by atoms with Crippen molar-refractivity contribution >= 4 is 34.4 Å². The molecule has 36 heavy (non-hydrogen) atoms. The minimum Gasteiger partial charge on any atom is -0.488 e. The van der Waals surface area contributed by atoms with Crippen LogP contribution in [-0.4, -0.2) is 25.2 Å². The number of fused-ring (bicyclic) bond motifs is 1. The Bertz CT molecular complexity index is 1580. The SMILES string of the molecule is CC(C)Oc1ccc(Nc2nc(=O)c3c(ncn3-c3ccccc3)n2Cc2ccc(Cl)cc2)cc1F. The maximum Gasteiger partial charge on any atom is 0.301 e. The Labute approximate surface area is 211 Å². The van der Waals surface area contributed by atoms with E-state index in [1.54, 1.807) is 39.7 Å². The van der Waals surface area contributed by atoms with Crippen LogP contribution in [0.2, 0.25) is 5.02 Å². The molecule has 7 nitrogen and oxygen atoms in total. The Hall–Kier alpha value is -4.17. The van der Waals surface area contributed by atoms with Crippen LogP contribution in [0, 0.1) is 5.82 Å². The number of para-hydroxylation sites is 1. The van der Waals surface area contributed by atoms with Gasteiger partial charge in [-0.25, -0.2) is 9.37 Å². The molecule has 0 aliphatic carbocycles. The van der Waals surface area contributed by atoms with Gasteiger partial charge in [0.05, 0.1) is 12.6 Å². The number of ether oxygens (including phenoxy) is 1. The van der Waals surface area contributed by atoms with Gasteiger partial charge in [0.15, 0.2) is 22.7 Å². The van der Waals surface area contributed by atoms with Gasteiger partial charge in [-0.1, -0.05) is 41.9 Å². The van der Waals surface area contributed by atoms with Crippen molar-refractivity contribution in [2.24, 2.45) is 0 Å². The first-order chi connectivity index (χ1) is 17.4. The molecule has 9 heteroatoms. The van der Waals surface area contributed by atoms with E-state index in [9.17, 15) is 9.18 Å². The minimum atomic E-state index is -0.519. The van der Waals surface area contributed by atoms with Gasteiger partial charge >= 0.3 is 5.56 Å². The molecule has 0 atom stereocenters. The third kappa shape index (κ3) is 4.81. The van der Waals surface area contributed by atoms with E-state index in [0.717, 1.165) is 11.3 Å². The second kappa shape index (κ2) is 9.83. The highest BCUT2D eigenvalue weighted by atomic mass is 35.5. The Kier molecular flexibility index (Phi) is 6.43. The smallest absolute Gasteiger partial charge is 0.301 e. The van der Waals surface area contributed by atoms with Crippen molar-refractivity contribution in [2.75, 3.05) is 5.32 Å². The van der Waals surface area contributed by atoms with E-state index in [1.165, 1.54) is 6.07 Å². The molecule has 0 fully saturated rings. The largest absolute Gasteiger partial charge is 0.488 e. The summed E-state index contributed by atoms with van der Waals surface area (Å²) >= 11 is 6.06. The second-order valence-corrected chi connectivity index (χ2v) is 8.95. The van der Waals surface area contributed by atoms with Crippen molar-refractivity contribution in [2.45, 2.75) is 26.5 Å². The van der Waals surface area contributed by atoms with E-state index >= 15 is 0 Å². The number of hydrogen-bond donors (Lipinski definition) is 1. The third-order valence-electron chi connectivity index (χ3n) is 5.51. The number of halogens is 2. The van der Waals surface area contributed by atoms with E-state index in [-0.39, 0.29) is 17.8 Å². The summed E-state index contributed by atoms with van der Waals surface area (Å²) in [7, 11) is 0. The fraction of sp³-hybridized carbons (Fsp3) is 0.148. The number of aromatic nitrogens is 4. The first-order valence-corrected chi connectivity index (χ1v) is 11.8. The summed E-state index contributed by atoms with van der Waals surface area (Å²) in [6.45, 7) is 4.01. The van der Waals surface area contributed by atoms with E-state index in [0.29, 0.717) is 28.4 Å². The molecule has 0 amide bonds.